The van der Waals surface area contributed by atoms with Gasteiger partial charge in [0, 0.05) is 6.54 Å². The molecular formula is C17H25N5O3. The van der Waals surface area contributed by atoms with Crippen LogP contribution < -0.4 is 20.1 Å². The Kier molecular flexibility index (Phi) is 6.62. The molecule has 2 amide bonds. The number of carbonyl (C=O) groups excluding carboxylic acids is 1. The third-order valence-corrected chi connectivity index (χ3v) is 3.78. The highest BCUT2D eigenvalue weighted by atomic mass is 16.5. The van der Waals surface area contributed by atoms with E-state index < -0.39 is 0 Å². The zero-order valence-electron chi connectivity index (χ0n) is 15.1. The van der Waals surface area contributed by atoms with Gasteiger partial charge in [0.1, 0.15) is 6.33 Å². The molecule has 0 saturated carbocycles. The Labute approximate surface area is 147 Å². The van der Waals surface area contributed by atoms with Gasteiger partial charge in [-0.2, -0.15) is 0 Å². The van der Waals surface area contributed by atoms with Crippen LogP contribution in [0, 0.1) is 0 Å². The van der Waals surface area contributed by atoms with Crippen LogP contribution in [0.5, 0.6) is 11.5 Å². The molecule has 25 heavy (non-hydrogen) atoms. The number of aromatic nitrogens is 3. The molecule has 8 nitrogen and oxygen atoms in total. The SMILES string of the molecule is CCOc1ccc(C(C)NC(=O)NCc2nncn2CC)cc1OC. The van der Waals surface area contributed by atoms with Gasteiger partial charge in [-0.15, -0.1) is 10.2 Å². The molecule has 2 rings (SSSR count). The van der Waals surface area contributed by atoms with E-state index in [4.69, 9.17) is 9.47 Å². The molecule has 1 unspecified atom stereocenters. The van der Waals surface area contributed by atoms with Crippen molar-refractivity contribution in [2.45, 2.75) is 39.9 Å². The Morgan fingerprint density at radius 3 is 2.80 bits per heavy atom. The number of methoxy groups -OCH3 is 1. The highest BCUT2D eigenvalue weighted by molar-refractivity contribution is 5.74. The summed E-state index contributed by atoms with van der Waals surface area (Å²) < 4.78 is 12.7. The molecular weight excluding hydrogens is 322 g/mol. The zero-order chi connectivity index (χ0) is 18.2. The summed E-state index contributed by atoms with van der Waals surface area (Å²) in [6.45, 7) is 7.46. The number of aryl methyl sites for hydroxylation is 1. The lowest BCUT2D eigenvalue weighted by atomic mass is 10.1. The molecule has 136 valence electrons. The Hall–Kier alpha value is -2.77. The van der Waals surface area contributed by atoms with Crippen molar-refractivity contribution in [3.8, 4) is 11.5 Å². The molecule has 1 aromatic heterocycles. The van der Waals surface area contributed by atoms with Gasteiger partial charge in [-0.1, -0.05) is 6.07 Å². The van der Waals surface area contributed by atoms with Crippen LogP contribution in [-0.2, 0) is 13.1 Å². The van der Waals surface area contributed by atoms with Gasteiger partial charge in [0.2, 0.25) is 0 Å². The second-order valence-electron chi connectivity index (χ2n) is 5.43. The van der Waals surface area contributed by atoms with E-state index >= 15 is 0 Å². The van der Waals surface area contributed by atoms with E-state index in [2.05, 4.69) is 20.8 Å². The summed E-state index contributed by atoms with van der Waals surface area (Å²) in [5.41, 5.74) is 0.923. The number of urea groups is 1. The average Bonchev–Trinajstić information content (AvgIpc) is 3.08. The van der Waals surface area contributed by atoms with Crippen molar-refractivity contribution in [1.29, 1.82) is 0 Å². The number of hydrogen-bond acceptors (Lipinski definition) is 5. The van der Waals surface area contributed by atoms with Crippen molar-refractivity contribution < 1.29 is 14.3 Å². The van der Waals surface area contributed by atoms with E-state index in [0.717, 1.165) is 12.1 Å². The molecule has 1 heterocycles. The summed E-state index contributed by atoms with van der Waals surface area (Å²) in [7, 11) is 1.59. The van der Waals surface area contributed by atoms with Crippen molar-refractivity contribution in [3.05, 3.63) is 35.9 Å². The number of benzene rings is 1. The number of hydrogen-bond donors (Lipinski definition) is 2. The fourth-order valence-corrected chi connectivity index (χ4v) is 2.40. The van der Waals surface area contributed by atoms with E-state index in [-0.39, 0.29) is 12.1 Å². The fraction of sp³-hybridized carbons (Fsp3) is 0.471. The van der Waals surface area contributed by atoms with Gasteiger partial charge in [0.15, 0.2) is 17.3 Å². The van der Waals surface area contributed by atoms with E-state index in [1.165, 1.54) is 0 Å². The Balaban J connectivity index is 1.94. The van der Waals surface area contributed by atoms with Crippen LogP contribution in [0.25, 0.3) is 0 Å². The van der Waals surface area contributed by atoms with Crippen LogP contribution in [-0.4, -0.2) is 34.5 Å². The Morgan fingerprint density at radius 1 is 1.32 bits per heavy atom. The Morgan fingerprint density at radius 2 is 2.12 bits per heavy atom. The summed E-state index contributed by atoms with van der Waals surface area (Å²) in [5.74, 6) is 2.04. The fourth-order valence-electron chi connectivity index (χ4n) is 2.40. The topological polar surface area (TPSA) is 90.3 Å². The minimum atomic E-state index is -0.272. The van der Waals surface area contributed by atoms with E-state index in [1.54, 1.807) is 13.4 Å². The number of carbonyl (C=O) groups is 1. The second-order valence-corrected chi connectivity index (χ2v) is 5.43. The second kappa shape index (κ2) is 8.91. The van der Waals surface area contributed by atoms with Gasteiger partial charge in [-0.3, -0.25) is 0 Å². The number of rotatable bonds is 8. The monoisotopic (exact) mass is 347 g/mol. The number of nitrogens with one attached hydrogen (secondary N) is 2. The quantitative estimate of drug-likeness (QED) is 0.764. The number of ether oxygens (including phenoxy) is 2. The van der Waals surface area contributed by atoms with E-state index in [1.807, 2.05) is 43.5 Å². The third kappa shape index (κ3) is 4.85. The van der Waals surface area contributed by atoms with E-state index in [0.29, 0.717) is 30.5 Å². The number of nitrogens with zero attached hydrogens (tertiary/aromatic N) is 3. The van der Waals surface area contributed by atoms with Crippen LogP contribution in [0.4, 0.5) is 4.79 Å². The molecule has 1 atom stereocenters. The van der Waals surface area contributed by atoms with Crippen LogP contribution in [0.15, 0.2) is 24.5 Å². The lowest BCUT2D eigenvalue weighted by molar-refractivity contribution is 0.237. The third-order valence-electron chi connectivity index (χ3n) is 3.78. The molecule has 2 N–H and O–H groups in total. The first-order valence-corrected chi connectivity index (χ1v) is 8.30. The van der Waals surface area contributed by atoms with Crippen molar-refractivity contribution in [3.63, 3.8) is 0 Å². The highest BCUT2D eigenvalue weighted by Gasteiger charge is 2.13. The normalized spacial score (nSPS) is 11.7. The molecule has 0 spiro atoms. The molecule has 8 heteroatoms. The summed E-state index contributed by atoms with van der Waals surface area (Å²) in [6.07, 6.45) is 1.64. The maximum atomic E-state index is 12.1. The van der Waals surface area contributed by atoms with Gasteiger partial charge < -0.3 is 24.7 Å². The van der Waals surface area contributed by atoms with Crippen molar-refractivity contribution in [1.82, 2.24) is 25.4 Å². The zero-order valence-corrected chi connectivity index (χ0v) is 15.1. The van der Waals surface area contributed by atoms with Crippen molar-refractivity contribution in [2.75, 3.05) is 13.7 Å². The molecule has 0 aliphatic heterocycles. The molecule has 2 aromatic rings. The maximum Gasteiger partial charge on any atom is 0.315 e. The molecule has 1 aromatic carbocycles. The molecule has 0 radical (unpaired) electrons. The molecule has 0 aliphatic carbocycles. The lowest BCUT2D eigenvalue weighted by Gasteiger charge is -2.17. The lowest BCUT2D eigenvalue weighted by Crippen LogP contribution is -2.37. The predicted octanol–water partition coefficient (Wildman–Crippen LogP) is 2.27. The largest absolute Gasteiger partial charge is 0.493 e. The summed E-state index contributed by atoms with van der Waals surface area (Å²) in [5, 5.41) is 13.5. The van der Waals surface area contributed by atoms with Gasteiger partial charge in [0.25, 0.3) is 0 Å². The van der Waals surface area contributed by atoms with Gasteiger partial charge >= 0.3 is 6.03 Å². The van der Waals surface area contributed by atoms with Crippen molar-refractivity contribution in [2.24, 2.45) is 0 Å². The molecule has 0 aliphatic rings. The minimum absolute atomic E-state index is 0.186. The standard InChI is InChI=1S/C17H25N5O3/c1-5-22-11-19-21-16(22)10-18-17(23)20-12(3)13-7-8-14(25-6-2)15(9-13)24-4/h7-9,11-12H,5-6,10H2,1-4H3,(H2,18,20,23). The first kappa shape index (κ1) is 18.6. The smallest absolute Gasteiger partial charge is 0.315 e. The minimum Gasteiger partial charge on any atom is -0.493 e. The molecule has 0 saturated heterocycles. The van der Waals surface area contributed by atoms with Crippen LogP contribution in [0.3, 0.4) is 0 Å². The Bertz CT molecular complexity index is 701. The van der Waals surface area contributed by atoms with Gasteiger partial charge in [0.05, 0.1) is 26.3 Å². The van der Waals surface area contributed by atoms with Crippen LogP contribution >= 0.6 is 0 Å². The van der Waals surface area contributed by atoms with Gasteiger partial charge in [-0.25, -0.2) is 4.79 Å². The summed E-state index contributed by atoms with van der Waals surface area (Å²) >= 11 is 0. The maximum absolute atomic E-state index is 12.1. The average molecular weight is 347 g/mol. The first-order valence-electron chi connectivity index (χ1n) is 8.30. The molecule has 0 bridgehead atoms. The van der Waals surface area contributed by atoms with Crippen LogP contribution in [0.1, 0.15) is 38.2 Å². The number of amides is 2. The first-order chi connectivity index (χ1) is 12.1. The van der Waals surface area contributed by atoms with E-state index in [9.17, 15) is 4.79 Å². The van der Waals surface area contributed by atoms with Crippen LogP contribution in [0.2, 0.25) is 0 Å². The van der Waals surface area contributed by atoms with Crippen molar-refractivity contribution >= 4 is 6.03 Å². The summed E-state index contributed by atoms with van der Waals surface area (Å²) in [6, 6.07) is 5.16. The molecule has 0 fully saturated rings. The highest BCUT2D eigenvalue weighted by Crippen LogP contribution is 2.30. The summed E-state index contributed by atoms with van der Waals surface area (Å²) in [4.78, 5) is 12.1. The predicted molar refractivity (Wildman–Crippen MR) is 93.6 cm³/mol. The van der Waals surface area contributed by atoms with Gasteiger partial charge in [-0.05, 0) is 38.5 Å².